The third-order valence-corrected chi connectivity index (χ3v) is 6.58. The third-order valence-electron chi connectivity index (χ3n) is 6.58. The van der Waals surface area contributed by atoms with Crippen molar-refractivity contribution < 1.29 is 0 Å². The summed E-state index contributed by atoms with van der Waals surface area (Å²) in [7, 11) is 4.07. The molecule has 2 fully saturated rings. The van der Waals surface area contributed by atoms with Gasteiger partial charge in [0.1, 0.15) is 5.82 Å². The number of aliphatic imine (C=N–C) groups is 1. The Kier molecular flexibility index (Phi) is 7.41. The number of hydrogen-bond acceptors (Lipinski definition) is 4. The number of rotatable bonds is 5. The fourth-order valence-corrected chi connectivity index (χ4v) is 4.59. The maximum atomic E-state index is 4.61. The van der Waals surface area contributed by atoms with E-state index in [9.17, 15) is 0 Å². The highest BCUT2D eigenvalue weighted by molar-refractivity contribution is 5.80. The molecule has 0 radical (unpaired) electrons. The molecule has 0 unspecified atom stereocenters. The number of piperidine rings is 1. The van der Waals surface area contributed by atoms with Gasteiger partial charge >= 0.3 is 0 Å². The van der Waals surface area contributed by atoms with E-state index in [0.29, 0.717) is 0 Å². The second-order valence-electron chi connectivity index (χ2n) is 8.83. The Morgan fingerprint density at radius 1 is 1.00 bits per heavy atom. The van der Waals surface area contributed by atoms with E-state index in [-0.39, 0.29) is 0 Å². The lowest BCUT2D eigenvalue weighted by molar-refractivity contribution is 0.259. The fraction of sp³-hybridized carbons (Fsp3) is 0.520. The second kappa shape index (κ2) is 10.6. The summed E-state index contributed by atoms with van der Waals surface area (Å²) in [6.07, 6.45) is 5.56. The molecule has 31 heavy (non-hydrogen) atoms. The Hall–Kier alpha value is -2.60. The quantitative estimate of drug-likeness (QED) is 0.595. The van der Waals surface area contributed by atoms with Gasteiger partial charge in [-0.25, -0.2) is 4.98 Å². The number of likely N-dealkylation sites (N-methyl/N-ethyl adjacent to an activating group) is 1. The topological polar surface area (TPSA) is 47.0 Å². The summed E-state index contributed by atoms with van der Waals surface area (Å²) in [6, 6.07) is 15.2. The first-order valence-electron chi connectivity index (χ1n) is 11.6. The molecule has 1 aromatic carbocycles. The molecule has 2 saturated heterocycles. The summed E-state index contributed by atoms with van der Waals surface area (Å²) in [6.45, 7) is 7.19. The molecule has 1 N–H and O–H groups in total. The van der Waals surface area contributed by atoms with E-state index in [0.717, 1.165) is 63.5 Å². The van der Waals surface area contributed by atoms with Crippen molar-refractivity contribution >= 4 is 11.8 Å². The van der Waals surface area contributed by atoms with Gasteiger partial charge in [-0.05, 0) is 55.5 Å². The number of benzene rings is 1. The van der Waals surface area contributed by atoms with Crippen LogP contribution < -0.4 is 10.2 Å². The average molecular weight is 421 g/mol. The first-order valence-corrected chi connectivity index (χ1v) is 11.6. The zero-order valence-corrected chi connectivity index (χ0v) is 19.0. The van der Waals surface area contributed by atoms with Gasteiger partial charge in [-0.3, -0.25) is 4.99 Å². The molecule has 0 atom stereocenters. The maximum Gasteiger partial charge on any atom is 0.193 e. The van der Waals surface area contributed by atoms with Gasteiger partial charge in [0.05, 0.1) is 0 Å². The first-order chi connectivity index (χ1) is 15.2. The Balaban J connectivity index is 1.27. The number of nitrogens with one attached hydrogen (secondary N) is 1. The molecule has 6 nitrogen and oxygen atoms in total. The second-order valence-corrected chi connectivity index (χ2v) is 8.83. The minimum absolute atomic E-state index is 0.767. The molecule has 166 valence electrons. The van der Waals surface area contributed by atoms with E-state index >= 15 is 0 Å². The summed E-state index contributed by atoms with van der Waals surface area (Å²) >= 11 is 0. The first kappa shape index (κ1) is 21.6. The van der Waals surface area contributed by atoms with Crippen LogP contribution in [0.1, 0.15) is 24.0 Å². The van der Waals surface area contributed by atoms with Crippen molar-refractivity contribution in [1.82, 2.24) is 20.1 Å². The molecule has 2 aliphatic rings. The number of pyridine rings is 1. The highest BCUT2D eigenvalue weighted by Crippen LogP contribution is 2.22. The molecule has 0 amide bonds. The molecular weight excluding hydrogens is 384 g/mol. The summed E-state index contributed by atoms with van der Waals surface area (Å²) in [4.78, 5) is 16.3. The highest BCUT2D eigenvalue weighted by atomic mass is 15.3. The lowest BCUT2D eigenvalue weighted by Gasteiger charge is -2.34. The van der Waals surface area contributed by atoms with Crippen LogP contribution in [0.15, 0.2) is 53.7 Å². The molecule has 0 aliphatic carbocycles. The van der Waals surface area contributed by atoms with Crippen LogP contribution in [0, 0.1) is 5.92 Å². The lowest BCUT2D eigenvalue weighted by Crippen LogP contribution is -2.45. The largest absolute Gasteiger partial charge is 0.354 e. The maximum absolute atomic E-state index is 4.61. The highest BCUT2D eigenvalue weighted by Gasteiger charge is 2.22. The Labute approximate surface area is 187 Å². The van der Waals surface area contributed by atoms with E-state index in [1.54, 1.807) is 0 Å². The van der Waals surface area contributed by atoms with Crippen LogP contribution in [0.2, 0.25) is 0 Å². The SMILES string of the molecule is CN=C(NCc1ccnc(N2CCN(C)CC2)c1)N1CCC(Cc2ccccc2)CC1. The van der Waals surface area contributed by atoms with Crippen molar-refractivity contribution in [2.45, 2.75) is 25.8 Å². The summed E-state index contributed by atoms with van der Waals surface area (Å²) in [5, 5.41) is 3.58. The Morgan fingerprint density at radius 3 is 2.45 bits per heavy atom. The molecule has 2 aromatic rings. The normalized spacial score (nSPS) is 19.0. The van der Waals surface area contributed by atoms with Gasteiger partial charge in [0.15, 0.2) is 5.96 Å². The van der Waals surface area contributed by atoms with Gasteiger partial charge < -0.3 is 20.0 Å². The minimum atomic E-state index is 0.767. The van der Waals surface area contributed by atoms with E-state index in [4.69, 9.17) is 0 Å². The summed E-state index contributed by atoms with van der Waals surface area (Å²) < 4.78 is 0. The molecule has 4 rings (SSSR count). The monoisotopic (exact) mass is 420 g/mol. The van der Waals surface area contributed by atoms with Crippen molar-refractivity contribution in [2.75, 3.05) is 58.3 Å². The standard InChI is InChI=1S/C25H36N6/c1-26-25(31-12-9-22(10-13-31)18-21-6-4-3-5-7-21)28-20-23-8-11-27-24(19-23)30-16-14-29(2)15-17-30/h3-8,11,19,22H,9-10,12-18,20H2,1-2H3,(H,26,28). The Bertz CT molecular complexity index is 836. The van der Waals surface area contributed by atoms with Crippen molar-refractivity contribution in [2.24, 2.45) is 10.9 Å². The number of aromatic nitrogens is 1. The zero-order valence-electron chi connectivity index (χ0n) is 19.0. The fourth-order valence-electron chi connectivity index (χ4n) is 4.59. The summed E-state index contributed by atoms with van der Waals surface area (Å²) in [5.74, 6) is 2.86. The molecule has 0 saturated carbocycles. The molecule has 6 heteroatoms. The number of piperazine rings is 1. The molecule has 0 bridgehead atoms. The lowest BCUT2D eigenvalue weighted by atomic mass is 9.90. The van der Waals surface area contributed by atoms with Crippen LogP contribution in [0.4, 0.5) is 5.82 Å². The van der Waals surface area contributed by atoms with Gasteiger partial charge in [0.25, 0.3) is 0 Å². The van der Waals surface area contributed by atoms with Crippen molar-refractivity contribution in [3.8, 4) is 0 Å². The van der Waals surface area contributed by atoms with Crippen LogP contribution >= 0.6 is 0 Å². The number of anilines is 1. The number of guanidine groups is 1. The van der Waals surface area contributed by atoms with Gasteiger partial charge in [-0.15, -0.1) is 0 Å². The predicted octanol–water partition coefficient (Wildman–Crippen LogP) is 2.86. The van der Waals surface area contributed by atoms with Crippen LogP contribution in [-0.4, -0.2) is 74.1 Å². The molecular formula is C25H36N6. The smallest absolute Gasteiger partial charge is 0.193 e. The number of likely N-dealkylation sites (tertiary alicyclic amines) is 1. The molecule has 2 aliphatic heterocycles. The van der Waals surface area contributed by atoms with Crippen LogP contribution in [0.5, 0.6) is 0 Å². The molecule has 3 heterocycles. The molecule has 0 spiro atoms. The van der Waals surface area contributed by atoms with Crippen LogP contribution in [-0.2, 0) is 13.0 Å². The van der Waals surface area contributed by atoms with Crippen molar-refractivity contribution in [3.63, 3.8) is 0 Å². The van der Waals surface area contributed by atoms with E-state index in [1.165, 1.54) is 30.4 Å². The Morgan fingerprint density at radius 2 is 1.74 bits per heavy atom. The minimum Gasteiger partial charge on any atom is -0.354 e. The predicted molar refractivity (Wildman–Crippen MR) is 129 cm³/mol. The van der Waals surface area contributed by atoms with E-state index < -0.39 is 0 Å². The van der Waals surface area contributed by atoms with E-state index in [1.807, 2.05) is 13.2 Å². The van der Waals surface area contributed by atoms with Crippen molar-refractivity contribution in [3.05, 3.63) is 59.8 Å². The van der Waals surface area contributed by atoms with E-state index in [2.05, 4.69) is 79.5 Å². The number of nitrogens with zero attached hydrogens (tertiary/aromatic N) is 5. The number of hydrogen-bond donors (Lipinski definition) is 1. The van der Waals surface area contributed by atoms with Gasteiger partial charge in [-0.1, -0.05) is 30.3 Å². The van der Waals surface area contributed by atoms with Crippen LogP contribution in [0.3, 0.4) is 0 Å². The van der Waals surface area contributed by atoms with Gasteiger partial charge in [0, 0.05) is 59.1 Å². The zero-order chi connectivity index (χ0) is 21.5. The van der Waals surface area contributed by atoms with Crippen molar-refractivity contribution in [1.29, 1.82) is 0 Å². The van der Waals surface area contributed by atoms with Gasteiger partial charge in [-0.2, -0.15) is 0 Å². The average Bonchev–Trinajstić information content (AvgIpc) is 2.82. The van der Waals surface area contributed by atoms with Crippen LogP contribution in [0.25, 0.3) is 0 Å². The molecule has 1 aromatic heterocycles. The third kappa shape index (κ3) is 5.97. The van der Waals surface area contributed by atoms with Gasteiger partial charge in [0.2, 0.25) is 0 Å². The summed E-state index contributed by atoms with van der Waals surface area (Å²) in [5.41, 5.74) is 2.71.